The molecule has 0 saturated carbocycles. The van der Waals surface area contributed by atoms with Gasteiger partial charge in [0.15, 0.2) is 5.82 Å². The van der Waals surface area contributed by atoms with Gasteiger partial charge < -0.3 is 24.3 Å². The van der Waals surface area contributed by atoms with Crippen LogP contribution >= 0.6 is 0 Å². The van der Waals surface area contributed by atoms with E-state index in [0.717, 1.165) is 34.3 Å². The Morgan fingerprint density at radius 3 is 2.57 bits per heavy atom. The van der Waals surface area contributed by atoms with Crippen LogP contribution in [0.15, 0.2) is 97.6 Å². The lowest BCUT2D eigenvalue weighted by Gasteiger charge is -2.21. The van der Waals surface area contributed by atoms with Gasteiger partial charge in [-0.1, -0.05) is 48.5 Å². The summed E-state index contributed by atoms with van der Waals surface area (Å²) in [5.74, 6) is 2.49. The van der Waals surface area contributed by atoms with Crippen molar-refractivity contribution in [3.63, 3.8) is 0 Å². The normalized spacial score (nSPS) is 11.8. The minimum Gasteiger partial charge on any atom is -0.497 e. The molecule has 3 aromatic carbocycles. The number of nitrogens with zero attached hydrogens (tertiary/aromatic N) is 5. The molecule has 10 heteroatoms. The van der Waals surface area contributed by atoms with Gasteiger partial charge in [-0.15, -0.1) is 10.2 Å². The Bertz CT molecular complexity index is 1850. The predicted octanol–water partition coefficient (Wildman–Crippen LogP) is 5.11. The minimum atomic E-state index is -0.522. The largest absolute Gasteiger partial charge is 0.497 e. The van der Waals surface area contributed by atoms with Crippen LogP contribution in [0.2, 0.25) is 0 Å². The first-order valence-corrected chi connectivity index (χ1v) is 14.4. The van der Waals surface area contributed by atoms with Gasteiger partial charge in [-0.25, -0.2) is 4.98 Å². The van der Waals surface area contributed by atoms with Crippen molar-refractivity contribution in [3.05, 3.63) is 132 Å². The Hall–Kier alpha value is -5.51. The lowest BCUT2D eigenvalue weighted by molar-refractivity contribution is 0.0928. The minimum absolute atomic E-state index is 0.226. The number of ether oxygens (including phenoxy) is 2. The van der Waals surface area contributed by atoms with E-state index in [1.165, 1.54) is 24.2 Å². The first-order valence-electron chi connectivity index (χ1n) is 14.4. The summed E-state index contributed by atoms with van der Waals surface area (Å²) >= 11 is 0. The fraction of sp³-hybridized carbons (Fsp3) is 0.206. The molecule has 0 fully saturated rings. The number of nitrogens with one attached hydrogen (secondary N) is 2. The fourth-order valence-corrected chi connectivity index (χ4v) is 5.39. The van der Waals surface area contributed by atoms with Gasteiger partial charge in [0.25, 0.3) is 5.91 Å². The summed E-state index contributed by atoms with van der Waals surface area (Å²) in [6, 6.07) is 23.6. The number of hydrogen-bond donors (Lipinski definition) is 2. The Morgan fingerprint density at radius 2 is 1.77 bits per heavy atom. The summed E-state index contributed by atoms with van der Waals surface area (Å²) in [7, 11) is 3.27. The molecule has 0 aliphatic heterocycles. The van der Waals surface area contributed by atoms with Crippen LogP contribution in [0.3, 0.4) is 0 Å². The maximum Gasteiger partial charge on any atom is 0.272 e. The van der Waals surface area contributed by atoms with Gasteiger partial charge in [-0.3, -0.25) is 9.78 Å². The van der Waals surface area contributed by atoms with Gasteiger partial charge >= 0.3 is 0 Å². The summed E-state index contributed by atoms with van der Waals surface area (Å²) in [6.07, 6.45) is 8.41. The number of carbonyl (C=O) groups is 1. The smallest absolute Gasteiger partial charge is 0.272 e. The van der Waals surface area contributed by atoms with Crippen LogP contribution in [0.4, 0.5) is 0 Å². The van der Waals surface area contributed by atoms with Crippen molar-refractivity contribution in [3.8, 4) is 11.5 Å². The van der Waals surface area contributed by atoms with Crippen molar-refractivity contribution >= 4 is 16.8 Å². The molecule has 0 saturated heterocycles. The molecule has 0 spiro atoms. The highest BCUT2D eigenvalue weighted by molar-refractivity contribution is 5.92. The third kappa shape index (κ3) is 6.29. The van der Waals surface area contributed by atoms with Crippen LogP contribution < -0.4 is 14.8 Å². The molecule has 0 radical (unpaired) electrons. The van der Waals surface area contributed by atoms with E-state index in [1.54, 1.807) is 14.2 Å². The Kier molecular flexibility index (Phi) is 8.58. The van der Waals surface area contributed by atoms with Crippen molar-refractivity contribution in [2.45, 2.75) is 31.8 Å². The predicted molar refractivity (Wildman–Crippen MR) is 167 cm³/mol. The van der Waals surface area contributed by atoms with Gasteiger partial charge in [0, 0.05) is 54.0 Å². The first kappa shape index (κ1) is 28.6. The summed E-state index contributed by atoms with van der Waals surface area (Å²) in [5.41, 5.74) is 4.43. The number of fused-ring (bicyclic) bond motifs is 1. The van der Waals surface area contributed by atoms with Crippen LogP contribution in [0.1, 0.15) is 44.9 Å². The average Bonchev–Trinajstić information content (AvgIpc) is 3.68. The second kappa shape index (κ2) is 13.2. The molecule has 44 heavy (non-hydrogen) atoms. The van der Waals surface area contributed by atoms with Gasteiger partial charge in [0.05, 0.1) is 33.0 Å². The standard InChI is InChI=1S/C34H33N7O3/c1-43-26-14-13-24(31(19-26)44-2)22-41-32(15-12-23-8-4-3-5-9-23)39-40-33(41)29(38-34(42)30-21-35-16-17-36-30)18-25-20-37-28-11-7-6-10-27(25)28/h3-11,13-14,16-17,19-21,29,37H,12,15,18,22H2,1-2H3,(H,38,42)/t29-/m1/s1. The third-order valence-electron chi connectivity index (χ3n) is 7.67. The molecule has 3 aromatic heterocycles. The molecule has 3 heterocycles. The number of H-pyrrole nitrogens is 1. The number of rotatable bonds is 12. The molecule has 6 aromatic rings. The Labute approximate surface area is 255 Å². The monoisotopic (exact) mass is 587 g/mol. The number of aromatic nitrogens is 6. The molecule has 0 unspecified atom stereocenters. The topological polar surface area (TPSA) is 120 Å². The van der Waals surface area contributed by atoms with Crippen LogP contribution in [-0.4, -0.2) is 49.8 Å². The second-order valence-electron chi connectivity index (χ2n) is 10.4. The molecular formula is C34H33N7O3. The van der Waals surface area contributed by atoms with E-state index in [4.69, 9.17) is 14.6 Å². The molecule has 0 aliphatic rings. The van der Waals surface area contributed by atoms with Crippen molar-refractivity contribution < 1.29 is 14.3 Å². The van der Waals surface area contributed by atoms with Gasteiger partial charge in [0.1, 0.15) is 23.0 Å². The fourth-order valence-electron chi connectivity index (χ4n) is 5.39. The van der Waals surface area contributed by atoms with E-state index < -0.39 is 6.04 Å². The lowest BCUT2D eigenvalue weighted by atomic mass is 10.0. The number of benzene rings is 3. The molecule has 0 bridgehead atoms. The van der Waals surface area contributed by atoms with E-state index in [9.17, 15) is 4.79 Å². The van der Waals surface area contributed by atoms with Crippen molar-refractivity contribution in [1.82, 2.24) is 35.0 Å². The average molecular weight is 588 g/mol. The number of para-hydroxylation sites is 1. The second-order valence-corrected chi connectivity index (χ2v) is 10.4. The zero-order valence-electron chi connectivity index (χ0n) is 24.6. The maximum absolute atomic E-state index is 13.5. The molecular weight excluding hydrogens is 554 g/mol. The third-order valence-corrected chi connectivity index (χ3v) is 7.67. The molecule has 6 rings (SSSR count). The zero-order chi connectivity index (χ0) is 30.3. The molecule has 2 N–H and O–H groups in total. The summed E-state index contributed by atoms with van der Waals surface area (Å²) < 4.78 is 13.3. The van der Waals surface area contributed by atoms with Crippen molar-refractivity contribution in [1.29, 1.82) is 0 Å². The highest BCUT2D eigenvalue weighted by atomic mass is 16.5. The molecule has 222 valence electrons. The molecule has 10 nitrogen and oxygen atoms in total. The number of methoxy groups -OCH3 is 2. The zero-order valence-corrected chi connectivity index (χ0v) is 24.6. The number of aromatic amines is 1. The SMILES string of the molecule is COc1ccc(Cn2c(CCc3ccccc3)nnc2[C@@H](Cc2c[nH]c3ccccc23)NC(=O)c2cnccn2)c(OC)c1. The van der Waals surface area contributed by atoms with E-state index in [2.05, 4.69) is 48.1 Å². The van der Waals surface area contributed by atoms with Crippen LogP contribution in [0.25, 0.3) is 10.9 Å². The van der Waals surface area contributed by atoms with E-state index >= 15 is 0 Å². The molecule has 1 amide bonds. The quantitative estimate of drug-likeness (QED) is 0.204. The summed E-state index contributed by atoms with van der Waals surface area (Å²) in [4.78, 5) is 25.1. The van der Waals surface area contributed by atoms with Crippen LogP contribution in [0.5, 0.6) is 11.5 Å². The van der Waals surface area contributed by atoms with Gasteiger partial charge in [-0.05, 0) is 35.7 Å². The Morgan fingerprint density at radius 1 is 0.932 bits per heavy atom. The molecule has 0 aliphatic carbocycles. The molecule has 1 atom stereocenters. The van der Waals surface area contributed by atoms with Crippen molar-refractivity contribution in [2.75, 3.05) is 14.2 Å². The maximum atomic E-state index is 13.5. The summed E-state index contributed by atoms with van der Waals surface area (Å²) in [6.45, 7) is 0.436. The van der Waals surface area contributed by atoms with Gasteiger partial charge in [0.2, 0.25) is 0 Å². The highest BCUT2D eigenvalue weighted by Crippen LogP contribution is 2.29. The number of amides is 1. The van der Waals surface area contributed by atoms with Crippen molar-refractivity contribution in [2.24, 2.45) is 0 Å². The van der Waals surface area contributed by atoms with Crippen LogP contribution in [0, 0.1) is 0 Å². The number of carbonyl (C=O) groups excluding carboxylic acids is 1. The van der Waals surface area contributed by atoms with E-state index in [0.29, 0.717) is 36.7 Å². The van der Waals surface area contributed by atoms with Gasteiger partial charge in [-0.2, -0.15) is 0 Å². The Balaban J connectivity index is 1.41. The summed E-state index contributed by atoms with van der Waals surface area (Å²) in [5, 5.41) is 13.6. The number of hydrogen-bond acceptors (Lipinski definition) is 7. The number of aryl methyl sites for hydroxylation is 2. The van der Waals surface area contributed by atoms with Crippen LogP contribution in [-0.2, 0) is 25.8 Å². The lowest BCUT2D eigenvalue weighted by Crippen LogP contribution is -2.33. The highest BCUT2D eigenvalue weighted by Gasteiger charge is 2.26. The van der Waals surface area contributed by atoms with E-state index in [1.807, 2.05) is 60.8 Å². The van der Waals surface area contributed by atoms with E-state index in [-0.39, 0.29) is 11.6 Å². The first-order chi connectivity index (χ1) is 21.6.